The maximum absolute atomic E-state index is 12.6. The third-order valence-electron chi connectivity index (χ3n) is 5.98. The van der Waals surface area contributed by atoms with Gasteiger partial charge in [-0.25, -0.2) is 4.98 Å². The standard InChI is InChI=1S/C20H28N4O/c1-14-6-2-3-7-16(14)21-19(25)15-10-12-24(13-11-15)20-22-17-8-4-5-9-18(17)23-20/h4-5,8-9,14-16H,2-3,6-7,10-13H2,1H3,(H,21,25)(H,22,23). The van der Waals surface area contributed by atoms with Gasteiger partial charge in [0.05, 0.1) is 11.0 Å². The van der Waals surface area contributed by atoms with E-state index in [-0.39, 0.29) is 11.8 Å². The Labute approximate surface area is 149 Å². The van der Waals surface area contributed by atoms with Crippen LogP contribution in [0.5, 0.6) is 0 Å². The van der Waals surface area contributed by atoms with Gasteiger partial charge in [0.2, 0.25) is 11.9 Å². The molecular weight excluding hydrogens is 312 g/mol. The van der Waals surface area contributed by atoms with Crippen LogP contribution in [0.25, 0.3) is 11.0 Å². The van der Waals surface area contributed by atoms with E-state index in [2.05, 4.69) is 33.2 Å². The SMILES string of the molecule is CC1CCCCC1NC(=O)C1CCN(c2nc3ccccc3[nH]2)CC1. The number of H-pyrrole nitrogens is 1. The van der Waals surface area contributed by atoms with E-state index in [0.29, 0.717) is 12.0 Å². The van der Waals surface area contributed by atoms with Crippen LogP contribution in [0.4, 0.5) is 5.95 Å². The normalized spacial score (nSPS) is 25.2. The van der Waals surface area contributed by atoms with Crippen molar-refractivity contribution in [2.24, 2.45) is 11.8 Å². The predicted octanol–water partition coefficient (Wildman–Crippen LogP) is 3.47. The quantitative estimate of drug-likeness (QED) is 0.899. The number of fused-ring (bicyclic) bond motifs is 1. The third kappa shape index (κ3) is 3.51. The van der Waals surface area contributed by atoms with Crippen molar-refractivity contribution in [2.45, 2.75) is 51.5 Å². The number of aromatic nitrogens is 2. The van der Waals surface area contributed by atoms with E-state index < -0.39 is 0 Å². The first-order chi connectivity index (χ1) is 12.2. The lowest BCUT2D eigenvalue weighted by Gasteiger charge is -2.34. The van der Waals surface area contributed by atoms with Crippen molar-refractivity contribution in [1.82, 2.24) is 15.3 Å². The molecule has 2 fully saturated rings. The van der Waals surface area contributed by atoms with Gasteiger partial charge in [-0.1, -0.05) is 31.9 Å². The summed E-state index contributed by atoms with van der Waals surface area (Å²) in [5.41, 5.74) is 2.08. The molecule has 2 atom stereocenters. The number of imidazole rings is 1. The highest BCUT2D eigenvalue weighted by atomic mass is 16.2. The van der Waals surface area contributed by atoms with Gasteiger partial charge in [-0.15, -0.1) is 0 Å². The summed E-state index contributed by atoms with van der Waals surface area (Å²) in [6.45, 7) is 4.05. The molecule has 1 aromatic heterocycles. The first-order valence-electron chi connectivity index (χ1n) is 9.71. The number of nitrogens with zero attached hydrogens (tertiary/aromatic N) is 2. The molecule has 5 nitrogen and oxygen atoms in total. The van der Waals surface area contributed by atoms with Gasteiger partial charge in [0.25, 0.3) is 0 Å². The second kappa shape index (κ2) is 7.06. The van der Waals surface area contributed by atoms with Crippen molar-refractivity contribution in [3.63, 3.8) is 0 Å². The summed E-state index contributed by atoms with van der Waals surface area (Å²) in [7, 11) is 0. The molecule has 2 N–H and O–H groups in total. The molecule has 0 radical (unpaired) electrons. The number of para-hydroxylation sites is 2. The fourth-order valence-electron chi connectivity index (χ4n) is 4.27. The minimum absolute atomic E-state index is 0.148. The molecule has 1 aliphatic carbocycles. The fraction of sp³-hybridized carbons (Fsp3) is 0.600. The summed E-state index contributed by atoms with van der Waals surface area (Å²) < 4.78 is 0. The number of benzene rings is 1. The molecule has 1 amide bonds. The van der Waals surface area contributed by atoms with Crippen molar-refractivity contribution < 1.29 is 4.79 Å². The first-order valence-corrected chi connectivity index (χ1v) is 9.71. The zero-order valence-corrected chi connectivity index (χ0v) is 15.0. The Kier molecular flexibility index (Phi) is 4.64. The Morgan fingerprint density at radius 3 is 2.68 bits per heavy atom. The minimum atomic E-state index is 0.148. The molecule has 5 heteroatoms. The molecule has 2 heterocycles. The van der Waals surface area contributed by atoms with Gasteiger partial charge in [-0.2, -0.15) is 0 Å². The summed E-state index contributed by atoms with van der Waals surface area (Å²) in [4.78, 5) is 23.0. The number of hydrogen-bond acceptors (Lipinski definition) is 3. The average molecular weight is 340 g/mol. The Morgan fingerprint density at radius 2 is 1.92 bits per heavy atom. The Morgan fingerprint density at radius 1 is 1.16 bits per heavy atom. The van der Waals surface area contributed by atoms with Crippen LogP contribution in [0.2, 0.25) is 0 Å². The first kappa shape index (κ1) is 16.4. The molecule has 2 aromatic rings. The van der Waals surface area contributed by atoms with Crippen LogP contribution >= 0.6 is 0 Å². The van der Waals surface area contributed by atoms with Crippen LogP contribution in [0.15, 0.2) is 24.3 Å². The van der Waals surface area contributed by atoms with Crippen LogP contribution in [-0.2, 0) is 4.79 Å². The van der Waals surface area contributed by atoms with Gasteiger partial charge in [0, 0.05) is 25.0 Å². The Bertz CT molecular complexity index is 699. The van der Waals surface area contributed by atoms with E-state index in [1.165, 1.54) is 19.3 Å². The van der Waals surface area contributed by atoms with Crippen LogP contribution in [0.1, 0.15) is 45.4 Å². The topological polar surface area (TPSA) is 61.0 Å². The molecule has 25 heavy (non-hydrogen) atoms. The van der Waals surface area contributed by atoms with Crippen LogP contribution in [0, 0.1) is 11.8 Å². The number of nitrogens with one attached hydrogen (secondary N) is 2. The molecular formula is C20H28N4O. The van der Waals surface area contributed by atoms with E-state index in [1.807, 2.05) is 18.2 Å². The number of anilines is 1. The lowest BCUT2D eigenvalue weighted by molar-refractivity contribution is -0.126. The monoisotopic (exact) mass is 340 g/mol. The van der Waals surface area contributed by atoms with Crippen molar-refractivity contribution in [2.75, 3.05) is 18.0 Å². The maximum atomic E-state index is 12.6. The third-order valence-corrected chi connectivity index (χ3v) is 5.98. The highest BCUT2D eigenvalue weighted by Gasteiger charge is 2.29. The molecule has 0 spiro atoms. The van der Waals surface area contributed by atoms with Crippen molar-refractivity contribution in [3.05, 3.63) is 24.3 Å². The number of aromatic amines is 1. The predicted molar refractivity (Wildman–Crippen MR) is 101 cm³/mol. The van der Waals surface area contributed by atoms with Gasteiger partial charge in [-0.3, -0.25) is 4.79 Å². The van der Waals surface area contributed by atoms with Crippen LogP contribution < -0.4 is 10.2 Å². The largest absolute Gasteiger partial charge is 0.353 e. The summed E-state index contributed by atoms with van der Waals surface area (Å²) in [6.07, 6.45) is 6.76. The van der Waals surface area contributed by atoms with Gasteiger partial charge in [0.15, 0.2) is 0 Å². The Hall–Kier alpha value is -2.04. The number of hydrogen-bond donors (Lipinski definition) is 2. The fourth-order valence-corrected chi connectivity index (χ4v) is 4.27. The number of amides is 1. The Balaban J connectivity index is 1.33. The second-order valence-electron chi connectivity index (χ2n) is 7.72. The number of carbonyl (C=O) groups is 1. The zero-order chi connectivity index (χ0) is 17.2. The second-order valence-corrected chi connectivity index (χ2v) is 7.72. The average Bonchev–Trinajstić information content (AvgIpc) is 3.08. The number of carbonyl (C=O) groups excluding carboxylic acids is 1. The van der Waals surface area contributed by atoms with E-state index in [1.54, 1.807) is 0 Å². The van der Waals surface area contributed by atoms with Crippen molar-refractivity contribution in [1.29, 1.82) is 0 Å². The van der Waals surface area contributed by atoms with Crippen LogP contribution in [0.3, 0.4) is 0 Å². The highest BCUT2D eigenvalue weighted by molar-refractivity contribution is 5.80. The summed E-state index contributed by atoms with van der Waals surface area (Å²) in [5.74, 6) is 1.96. The van der Waals surface area contributed by atoms with Crippen molar-refractivity contribution in [3.8, 4) is 0 Å². The number of rotatable bonds is 3. The van der Waals surface area contributed by atoms with Gasteiger partial charge < -0.3 is 15.2 Å². The molecule has 4 rings (SSSR count). The molecule has 1 saturated carbocycles. The van der Waals surface area contributed by atoms with Gasteiger partial charge in [0.1, 0.15) is 0 Å². The summed E-state index contributed by atoms with van der Waals surface area (Å²) in [6, 6.07) is 8.50. The van der Waals surface area contributed by atoms with Gasteiger partial charge in [-0.05, 0) is 43.7 Å². The smallest absolute Gasteiger partial charge is 0.223 e. The molecule has 2 aliphatic rings. The van der Waals surface area contributed by atoms with E-state index >= 15 is 0 Å². The lowest BCUT2D eigenvalue weighted by Crippen LogP contribution is -2.46. The molecule has 0 bridgehead atoms. The lowest BCUT2D eigenvalue weighted by atomic mass is 9.85. The maximum Gasteiger partial charge on any atom is 0.223 e. The summed E-state index contributed by atoms with van der Waals surface area (Å²) >= 11 is 0. The van der Waals surface area contributed by atoms with Crippen molar-refractivity contribution >= 4 is 22.9 Å². The van der Waals surface area contributed by atoms with E-state index in [4.69, 9.17) is 0 Å². The highest BCUT2D eigenvalue weighted by Crippen LogP contribution is 2.26. The van der Waals surface area contributed by atoms with E-state index in [0.717, 1.165) is 49.3 Å². The minimum Gasteiger partial charge on any atom is -0.353 e. The van der Waals surface area contributed by atoms with Crippen LogP contribution in [-0.4, -0.2) is 35.0 Å². The summed E-state index contributed by atoms with van der Waals surface area (Å²) in [5, 5.41) is 3.33. The van der Waals surface area contributed by atoms with E-state index in [9.17, 15) is 4.79 Å². The van der Waals surface area contributed by atoms with Gasteiger partial charge >= 0.3 is 0 Å². The molecule has 1 aromatic carbocycles. The number of piperidine rings is 1. The molecule has 2 unspecified atom stereocenters. The molecule has 134 valence electrons. The molecule has 1 saturated heterocycles. The zero-order valence-electron chi connectivity index (χ0n) is 15.0. The molecule has 1 aliphatic heterocycles.